The van der Waals surface area contributed by atoms with E-state index in [2.05, 4.69) is 56.3 Å². The number of nitrogens with zero attached hydrogens (tertiary/aromatic N) is 4. The highest BCUT2D eigenvalue weighted by Crippen LogP contribution is 2.32. The number of hydrogen-bond donors (Lipinski definition) is 0. The highest BCUT2D eigenvalue weighted by molar-refractivity contribution is 5.43. The van der Waals surface area contributed by atoms with Gasteiger partial charge >= 0.3 is 0 Å². The minimum Gasteiger partial charge on any atom is -0.317 e. The molecule has 0 N–H and O–H groups in total. The van der Waals surface area contributed by atoms with Gasteiger partial charge in [0.15, 0.2) is 0 Å². The number of benzene rings is 1. The van der Waals surface area contributed by atoms with Gasteiger partial charge in [-0.05, 0) is 31.1 Å². The average molecular weight is 306 g/mol. The Morgan fingerprint density at radius 1 is 1.04 bits per heavy atom. The second kappa shape index (κ2) is 5.78. The molecule has 1 saturated heterocycles. The van der Waals surface area contributed by atoms with E-state index in [-0.39, 0.29) is 0 Å². The molecule has 1 fully saturated rings. The Labute approximate surface area is 137 Å². The monoisotopic (exact) mass is 306 g/mol. The SMILES string of the molecule is Cc1cc(C)nc(N2C=C3CN(Cc4ccccc4)C[C@@H]3C2)n1. The standard InChI is InChI=1S/C19H22N4/c1-14-8-15(2)21-19(20-14)23-12-17-10-22(11-18(17)13-23)9-16-6-4-3-5-7-16/h3-8,12,18H,9-11,13H2,1-2H3/t18-/m1/s1. The molecule has 0 aliphatic carbocycles. The molecule has 1 aromatic carbocycles. The van der Waals surface area contributed by atoms with Crippen LogP contribution in [0.3, 0.4) is 0 Å². The van der Waals surface area contributed by atoms with Gasteiger partial charge in [0, 0.05) is 49.7 Å². The van der Waals surface area contributed by atoms with Crippen molar-refractivity contribution in [3.63, 3.8) is 0 Å². The Morgan fingerprint density at radius 2 is 1.78 bits per heavy atom. The number of aromatic nitrogens is 2. The second-order valence-corrected chi connectivity index (χ2v) is 6.66. The van der Waals surface area contributed by atoms with Gasteiger partial charge < -0.3 is 4.90 Å². The van der Waals surface area contributed by atoms with E-state index in [0.717, 1.165) is 43.5 Å². The van der Waals surface area contributed by atoms with E-state index in [4.69, 9.17) is 0 Å². The van der Waals surface area contributed by atoms with Crippen LogP contribution in [0.2, 0.25) is 0 Å². The first-order chi connectivity index (χ1) is 11.2. The van der Waals surface area contributed by atoms with Gasteiger partial charge in [-0.1, -0.05) is 30.3 Å². The van der Waals surface area contributed by atoms with Crippen molar-refractivity contribution in [2.75, 3.05) is 24.5 Å². The fourth-order valence-electron chi connectivity index (χ4n) is 3.63. The number of hydrogen-bond acceptors (Lipinski definition) is 4. The van der Waals surface area contributed by atoms with E-state index < -0.39 is 0 Å². The number of anilines is 1. The molecular formula is C19H22N4. The van der Waals surface area contributed by atoms with Crippen molar-refractivity contribution in [1.82, 2.24) is 14.9 Å². The summed E-state index contributed by atoms with van der Waals surface area (Å²) < 4.78 is 0. The van der Waals surface area contributed by atoms with Crippen LogP contribution in [-0.4, -0.2) is 34.5 Å². The summed E-state index contributed by atoms with van der Waals surface area (Å²) in [5.74, 6) is 1.46. The highest BCUT2D eigenvalue weighted by Gasteiger charge is 2.34. The van der Waals surface area contributed by atoms with E-state index in [0.29, 0.717) is 5.92 Å². The molecule has 4 heteroatoms. The summed E-state index contributed by atoms with van der Waals surface area (Å²) in [5.41, 5.74) is 4.98. The number of rotatable bonds is 3. The van der Waals surface area contributed by atoms with Crippen LogP contribution in [0.15, 0.2) is 48.2 Å². The van der Waals surface area contributed by atoms with Gasteiger partial charge in [-0.2, -0.15) is 0 Å². The molecule has 23 heavy (non-hydrogen) atoms. The smallest absolute Gasteiger partial charge is 0.229 e. The first kappa shape index (κ1) is 14.4. The molecule has 0 spiro atoms. The summed E-state index contributed by atoms with van der Waals surface area (Å²) >= 11 is 0. The molecule has 0 saturated carbocycles. The zero-order valence-electron chi connectivity index (χ0n) is 13.7. The minimum absolute atomic E-state index is 0.614. The molecule has 1 aromatic heterocycles. The lowest BCUT2D eigenvalue weighted by Crippen LogP contribution is -2.26. The lowest BCUT2D eigenvalue weighted by atomic mass is 10.1. The Balaban J connectivity index is 1.46. The summed E-state index contributed by atoms with van der Waals surface area (Å²) in [6.45, 7) is 8.29. The largest absolute Gasteiger partial charge is 0.317 e. The number of aryl methyl sites for hydroxylation is 2. The van der Waals surface area contributed by atoms with Crippen molar-refractivity contribution in [1.29, 1.82) is 0 Å². The van der Waals surface area contributed by atoms with Crippen LogP contribution < -0.4 is 4.90 Å². The molecule has 4 nitrogen and oxygen atoms in total. The van der Waals surface area contributed by atoms with Crippen LogP contribution in [0, 0.1) is 19.8 Å². The maximum Gasteiger partial charge on any atom is 0.229 e. The van der Waals surface area contributed by atoms with Gasteiger partial charge in [-0.3, -0.25) is 4.90 Å². The van der Waals surface area contributed by atoms with Crippen LogP contribution in [0.4, 0.5) is 5.95 Å². The quantitative estimate of drug-likeness (QED) is 0.873. The summed E-state index contributed by atoms with van der Waals surface area (Å²) in [4.78, 5) is 13.9. The zero-order chi connectivity index (χ0) is 15.8. The first-order valence-electron chi connectivity index (χ1n) is 8.23. The number of fused-ring (bicyclic) bond motifs is 1. The Hall–Kier alpha value is -2.20. The molecule has 1 atom stereocenters. The fourth-order valence-corrected chi connectivity index (χ4v) is 3.63. The Bertz CT molecular complexity index is 718. The van der Waals surface area contributed by atoms with Gasteiger partial charge in [0.05, 0.1) is 0 Å². The van der Waals surface area contributed by atoms with E-state index in [9.17, 15) is 0 Å². The maximum atomic E-state index is 4.59. The van der Waals surface area contributed by atoms with Crippen molar-refractivity contribution in [3.05, 3.63) is 65.1 Å². The third-order valence-corrected chi connectivity index (χ3v) is 4.62. The van der Waals surface area contributed by atoms with Gasteiger partial charge in [0.25, 0.3) is 0 Å². The van der Waals surface area contributed by atoms with Gasteiger partial charge in [-0.25, -0.2) is 9.97 Å². The molecule has 2 aliphatic rings. The summed E-state index contributed by atoms with van der Waals surface area (Å²) in [5, 5.41) is 0. The summed E-state index contributed by atoms with van der Waals surface area (Å²) in [6, 6.07) is 12.7. The van der Waals surface area contributed by atoms with E-state index in [1.165, 1.54) is 11.1 Å². The van der Waals surface area contributed by atoms with Crippen molar-refractivity contribution in [2.24, 2.45) is 5.92 Å². The lowest BCUT2D eigenvalue weighted by Gasteiger charge is -2.20. The van der Waals surface area contributed by atoms with Crippen LogP contribution in [0.25, 0.3) is 0 Å². The predicted molar refractivity (Wildman–Crippen MR) is 92.1 cm³/mol. The molecule has 0 amide bonds. The van der Waals surface area contributed by atoms with Crippen LogP contribution in [-0.2, 0) is 6.54 Å². The third kappa shape index (κ3) is 2.99. The topological polar surface area (TPSA) is 32.3 Å². The summed E-state index contributed by atoms with van der Waals surface area (Å²) in [6.07, 6.45) is 2.27. The van der Waals surface area contributed by atoms with Crippen molar-refractivity contribution in [3.8, 4) is 0 Å². The molecule has 2 aromatic rings. The molecule has 0 radical (unpaired) electrons. The van der Waals surface area contributed by atoms with E-state index >= 15 is 0 Å². The third-order valence-electron chi connectivity index (χ3n) is 4.62. The van der Waals surface area contributed by atoms with Crippen LogP contribution >= 0.6 is 0 Å². The second-order valence-electron chi connectivity index (χ2n) is 6.66. The lowest BCUT2D eigenvalue weighted by molar-refractivity contribution is 0.318. The number of likely N-dealkylation sites (tertiary alicyclic amines) is 1. The van der Waals surface area contributed by atoms with Gasteiger partial charge in [0.1, 0.15) is 0 Å². The molecular weight excluding hydrogens is 284 g/mol. The van der Waals surface area contributed by atoms with E-state index in [1.807, 2.05) is 19.9 Å². The molecule has 0 unspecified atom stereocenters. The fraction of sp³-hybridized carbons (Fsp3) is 0.368. The summed E-state index contributed by atoms with van der Waals surface area (Å²) in [7, 11) is 0. The Morgan fingerprint density at radius 3 is 2.48 bits per heavy atom. The Kier molecular flexibility index (Phi) is 3.62. The van der Waals surface area contributed by atoms with Crippen LogP contribution in [0.5, 0.6) is 0 Å². The highest BCUT2D eigenvalue weighted by atomic mass is 15.3. The van der Waals surface area contributed by atoms with Crippen LogP contribution in [0.1, 0.15) is 17.0 Å². The molecule has 118 valence electrons. The molecule has 2 aliphatic heterocycles. The molecule has 4 rings (SSSR count). The molecule has 0 bridgehead atoms. The predicted octanol–water partition coefficient (Wildman–Crippen LogP) is 2.93. The van der Waals surface area contributed by atoms with Crippen molar-refractivity contribution < 1.29 is 0 Å². The van der Waals surface area contributed by atoms with E-state index in [1.54, 1.807) is 0 Å². The first-order valence-corrected chi connectivity index (χ1v) is 8.23. The average Bonchev–Trinajstić information content (AvgIpc) is 3.05. The van der Waals surface area contributed by atoms with Gasteiger partial charge in [0.2, 0.25) is 5.95 Å². The minimum atomic E-state index is 0.614. The van der Waals surface area contributed by atoms with Gasteiger partial charge in [-0.15, -0.1) is 0 Å². The normalized spacial score (nSPS) is 20.7. The maximum absolute atomic E-state index is 4.59. The van der Waals surface area contributed by atoms with Crippen molar-refractivity contribution >= 4 is 5.95 Å². The zero-order valence-corrected chi connectivity index (χ0v) is 13.7. The molecule has 3 heterocycles. The van der Waals surface area contributed by atoms with Crippen molar-refractivity contribution in [2.45, 2.75) is 20.4 Å².